The molecule has 2 N–H and O–H groups in total. The van der Waals surface area contributed by atoms with Crippen molar-refractivity contribution in [3.8, 4) is 0 Å². The topological polar surface area (TPSA) is 24.1 Å². The van der Waals surface area contributed by atoms with Gasteiger partial charge in [0.25, 0.3) is 0 Å². The lowest BCUT2D eigenvalue weighted by molar-refractivity contribution is 0.633. The van der Waals surface area contributed by atoms with E-state index < -0.39 is 0 Å². The van der Waals surface area contributed by atoms with E-state index in [1.54, 1.807) is 0 Å². The van der Waals surface area contributed by atoms with E-state index in [1.165, 1.54) is 12.8 Å². The van der Waals surface area contributed by atoms with Crippen LogP contribution in [0.1, 0.15) is 12.8 Å². The van der Waals surface area contributed by atoms with Crippen molar-refractivity contribution in [2.45, 2.75) is 18.9 Å². The average Bonchev–Trinajstić information content (AvgIpc) is 2.69. The molecule has 1 atom stereocenters. The molecule has 2 nitrogen and oxygen atoms in total. The predicted molar refractivity (Wildman–Crippen MR) is 53.6 cm³/mol. The van der Waals surface area contributed by atoms with Gasteiger partial charge in [-0.05, 0) is 37.6 Å². The summed E-state index contributed by atoms with van der Waals surface area (Å²) in [6, 6.07) is 12.4. The average molecular weight is 174 g/mol. The van der Waals surface area contributed by atoms with Crippen molar-refractivity contribution in [1.29, 1.82) is 0 Å². The monoisotopic (exact) mass is 174 g/mol. The largest absolute Gasteiger partial charge is 0.377 e. The highest BCUT2D eigenvalue weighted by atomic mass is 15.0. The minimum Gasteiger partial charge on any atom is -0.377 e. The number of hydrogen-bond donors (Lipinski definition) is 2. The Morgan fingerprint density at radius 2 is 2.62 bits per heavy atom. The molecule has 0 unspecified atom stereocenters. The smallest absolute Gasteiger partial charge is 0.0857 e. The number of nitrogens with one attached hydrogen (secondary N) is 2. The highest BCUT2D eigenvalue weighted by Gasteiger charge is 2.12. The van der Waals surface area contributed by atoms with E-state index in [9.17, 15) is 0 Å². The van der Waals surface area contributed by atoms with Crippen molar-refractivity contribution >= 4 is 5.69 Å². The summed E-state index contributed by atoms with van der Waals surface area (Å²) in [6.45, 7) is 2.16. The third-order valence-corrected chi connectivity index (χ3v) is 2.35. The molecule has 0 spiro atoms. The lowest BCUT2D eigenvalue weighted by atomic mass is 10.2. The summed E-state index contributed by atoms with van der Waals surface area (Å²) in [5.41, 5.74) is 1.04. The van der Waals surface area contributed by atoms with Gasteiger partial charge in [-0.15, -0.1) is 0 Å². The number of anilines is 1. The van der Waals surface area contributed by atoms with Crippen LogP contribution in [0.4, 0.5) is 5.69 Å². The normalized spacial score (nSPS) is 21.1. The van der Waals surface area contributed by atoms with Crippen LogP contribution in [0.3, 0.4) is 0 Å². The molecule has 1 aromatic rings. The molecule has 2 rings (SSSR count). The van der Waals surface area contributed by atoms with E-state index in [0.717, 1.165) is 18.8 Å². The second kappa shape index (κ2) is 4.15. The van der Waals surface area contributed by atoms with Crippen molar-refractivity contribution in [2.75, 3.05) is 18.4 Å². The quantitative estimate of drug-likeness (QED) is 0.724. The zero-order valence-electron chi connectivity index (χ0n) is 7.64. The van der Waals surface area contributed by atoms with Gasteiger partial charge in [-0.2, -0.15) is 0 Å². The van der Waals surface area contributed by atoms with Crippen molar-refractivity contribution < 1.29 is 0 Å². The molecule has 13 heavy (non-hydrogen) atoms. The molecule has 1 aromatic carbocycles. The van der Waals surface area contributed by atoms with Crippen LogP contribution in [0, 0.1) is 12.1 Å². The Kier molecular flexibility index (Phi) is 2.68. The van der Waals surface area contributed by atoms with Gasteiger partial charge in [0.15, 0.2) is 0 Å². The van der Waals surface area contributed by atoms with Crippen molar-refractivity contribution in [1.82, 2.24) is 5.32 Å². The van der Waals surface area contributed by atoms with E-state index in [4.69, 9.17) is 0 Å². The van der Waals surface area contributed by atoms with Crippen LogP contribution in [0.25, 0.3) is 0 Å². The van der Waals surface area contributed by atoms with Crippen LogP contribution < -0.4 is 10.6 Å². The Hall–Kier alpha value is -1.20. The lowest BCUT2D eigenvalue weighted by Crippen LogP contribution is -2.29. The van der Waals surface area contributed by atoms with Gasteiger partial charge in [0.2, 0.25) is 0 Å². The van der Waals surface area contributed by atoms with E-state index in [1.807, 2.05) is 18.2 Å². The molecular weight excluding hydrogens is 160 g/mol. The number of hydrogen-bond acceptors (Lipinski definition) is 2. The van der Waals surface area contributed by atoms with Crippen molar-refractivity contribution in [2.24, 2.45) is 0 Å². The van der Waals surface area contributed by atoms with Crippen LogP contribution in [0.15, 0.2) is 18.2 Å². The Morgan fingerprint density at radius 1 is 1.62 bits per heavy atom. The third kappa shape index (κ3) is 2.37. The molecule has 68 valence electrons. The van der Waals surface area contributed by atoms with Crippen LogP contribution in [-0.4, -0.2) is 19.1 Å². The van der Waals surface area contributed by atoms with Crippen LogP contribution in [-0.2, 0) is 0 Å². The van der Waals surface area contributed by atoms with Gasteiger partial charge in [-0.1, -0.05) is 12.1 Å². The van der Waals surface area contributed by atoms with Crippen molar-refractivity contribution in [3.05, 3.63) is 30.3 Å². The second-order valence-electron chi connectivity index (χ2n) is 3.38. The van der Waals surface area contributed by atoms with Gasteiger partial charge in [0.05, 0.1) is 5.69 Å². The van der Waals surface area contributed by atoms with Crippen LogP contribution >= 0.6 is 0 Å². The number of rotatable bonds is 3. The summed E-state index contributed by atoms with van der Waals surface area (Å²) < 4.78 is 0. The first-order valence-electron chi connectivity index (χ1n) is 4.81. The van der Waals surface area contributed by atoms with E-state index in [0.29, 0.717) is 6.04 Å². The minimum atomic E-state index is 0.633. The third-order valence-electron chi connectivity index (χ3n) is 2.35. The first kappa shape index (κ1) is 8.40. The highest BCUT2D eigenvalue weighted by Crippen LogP contribution is 2.06. The Labute approximate surface area is 79.4 Å². The minimum absolute atomic E-state index is 0.633. The maximum absolute atomic E-state index is 3.44. The van der Waals surface area contributed by atoms with E-state index in [2.05, 4.69) is 22.8 Å². The summed E-state index contributed by atoms with van der Waals surface area (Å²) in [7, 11) is 0. The highest BCUT2D eigenvalue weighted by molar-refractivity contribution is 5.38. The van der Waals surface area contributed by atoms with Gasteiger partial charge in [0, 0.05) is 12.6 Å². The molecule has 1 aliphatic heterocycles. The zero-order valence-corrected chi connectivity index (χ0v) is 7.64. The predicted octanol–water partition coefficient (Wildman–Crippen LogP) is 1.45. The fraction of sp³-hybridized carbons (Fsp3) is 0.455. The molecule has 1 fully saturated rings. The fourth-order valence-electron chi connectivity index (χ4n) is 1.62. The molecule has 0 radical (unpaired) electrons. The van der Waals surface area contributed by atoms with Gasteiger partial charge in [-0.3, -0.25) is 0 Å². The summed E-state index contributed by atoms with van der Waals surface area (Å²) in [6.07, 6.45) is 2.58. The molecule has 1 heterocycles. The standard InChI is InChI=1S/C11H14N2/c1-2-5-10(6-3-1)13-9-11-7-4-8-12-11/h1-2,5,11-13H,4,7-9H2/t11-/m0/s1. The maximum atomic E-state index is 3.44. The van der Waals surface area contributed by atoms with E-state index >= 15 is 0 Å². The SMILES string of the molecule is c1cccc(NC[C@@H]2CCCN2)c#1. The van der Waals surface area contributed by atoms with Crippen LogP contribution in [0.5, 0.6) is 0 Å². The van der Waals surface area contributed by atoms with Gasteiger partial charge in [-0.25, -0.2) is 0 Å². The lowest BCUT2D eigenvalue weighted by Gasteiger charge is -2.10. The van der Waals surface area contributed by atoms with Gasteiger partial charge < -0.3 is 10.6 Å². The Bertz CT molecular complexity index is 240. The second-order valence-corrected chi connectivity index (χ2v) is 3.38. The first-order chi connectivity index (χ1) is 6.45. The first-order valence-corrected chi connectivity index (χ1v) is 4.81. The summed E-state index contributed by atoms with van der Waals surface area (Å²) in [5.74, 6) is 0. The van der Waals surface area contributed by atoms with E-state index in [-0.39, 0.29) is 0 Å². The molecular formula is C11H14N2. The molecule has 1 aliphatic rings. The van der Waals surface area contributed by atoms with Crippen LogP contribution in [0.2, 0.25) is 0 Å². The fourth-order valence-corrected chi connectivity index (χ4v) is 1.62. The molecule has 0 amide bonds. The van der Waals surface area contributed by atoms with Gasteiger partial charge in [0.1, 0.15) is 0 Å². The Balaban J connectivity index is 1.79. The van der Waals surface area contributed by atoms with Crippen molar-refractivity contribution in [3.63, 3.8) is 0 Å². The molecule has 1 saturated heterocycles. The molecule has 0 aliphatic carbocycles. The summed E-state index contributed by atoms with van der Waals surface area (Å²) in [4.78, 5) is 0. The molecule has 0 saturated carbocycles. The zero-order chi connectivity index (χ0) is 8.93. The molecule has 0 bridgehead atoms. The molecule has 2 heteroatoms. The summed E-state index contributed by atoms with van der Waals surface area (Å²) >= 11 is 0. The maximum Gasteiger partial charge on any atom is 0.0857 e. The molecule has 0 aromatic heterocycles. The summed E-state index contributed by atoms with van der Waals surface area (Å²) in [5, 5.41) is 6.78. The Morgan fingerprint density at radius 3 is 3.31 bits per heavy atom. The van der Waals surface area contributed by atoms with Gasteiger partial charge >= 0.3 is 0 Å².